The molecule has 0 aromatic rings. The molecule has 0 fully saturated rings. The van der Waals surface area contributed by atoms with Crippen molar-refractivity contribution in [3.63, 3.8) is 0 Å². The van der Waals surface area contributed by atoms with Gasteiger partial charge in [0.2, 0.25) is 0 Å². The molecule has 2 N–H and O–H groups in total. The summed E-state index contributed by atoms with van der Waals surface area (Å²) < 4.78 is 0. The van der Waals surface area contributed by atoms with Crippen LogP contribution in [-0.2, 0) is 9.59 Å². The number of hydrogen-bond acceptors (Lipinski definition) is 4. The molecule has 0 saturated heterocycles. The van der Waals surface area contributed by atoms with E-state index in [-0.39, 0.29) is 0 Å². The van der Waals surface area contributed by atoms with E-state index in [4.69, 9.17) is 10.2 Å². The van der Waals surface area contributed by atoms with Crippen LogP contribution in [-0.4, -0.2) is 32.7 Å². The molecule has 0 unspecified atom stereocenters. The predicted molar refractivity (Wildman–Crippen MR) is 58.6 cm³/mol. The lowest BCUT2D eigenvalue weighted by molar-refractivity contribution is -0.137. The Kier molecular flexibility index (Phi) is 6.82. The van der Waals surface area contributed by atoms with E-state index in [1.807, 2.05) is 0 Å². The zero-order valence-electron chi connectivity index (χ0n) is 8.10. The molecule has 2 atom stereocenters. The number of carboxylic acids is 2. The third-order valence-corrected chi connectivity index (χ3v) is 4.95. The fraction of sp³-hybridized carbons (Fsp3) is 0.750. The first-order valence-corrected chi connectivity index (χ1v) is 6.58. The standard InChI is InChI=1S/C8H14O4S2/c1-3-5(7(9)10)13-14-6(4-2)8(11)12/h5-6H,3-4H2,1-2H3,(H,9,10)(H,11,12)/t5-,6-/m1/s1. The van der Waals surface area contributed by atoms with Crippen LogP contribution in [0, 0.1) is 0 Å². The molecular weight excluding hydrogens is 224 g/mol. The van der Waals surface area contributed by atoms with E-state index in [0.29, 0.717) is 12.8 Å². The number of carbonyl (C=O) groups is 2. The maximum Gasteiger partial charge on any atom is 0.317 e. The average Bonchev–Trinajstić information content (AvgIpc) is 2.11. The third-order valence-electron chi connectivity index (χ3n) is 1.58. The van der Waals surface area contributed by atoms with E-state index in [2.05, 4.69) is 0 Å². The van der Waals surface area contributed by atoms with Crippen LogP contribution in [0.25, 0.3) is 0 Å². The van der Waals surface area contributed by atoms with Crippen molar-refractivity contribution in [3.8, 4) is 0 Å². The summed E-state index contributed by atoms with van der Waals surface area (Å²) in [6, 6.07) is 0. The second-order valence-corrected chi connectivity index (χ2v) is 5.34. The molecule has 0 heterocycles. The lowest BCUT2D eigenvalue weighted by Crippen LogP contribution is -2.17. The molecule has 0 saturated carbocycles. The van der Waals surface area contributed by atoms with Crippen LogP contribution in [0.2, 0.25) is 0 Å². The van der Waals surface area contributed by atoms with E-state index >= 15 is 0 Å². The van der Waals surface area contributed by atoms with Crippen molar-refractivity contribution in [3.05, 3.63) is 0 Å². The van der Waals surface area contributed by atoms with Crippen LogP contribution in [0.4, 0.5) is 0 Å². The number of hydrogen-bond donors (Lipinski definition) is 2. The average molecular weight is 238 g/mol. The van der Waals surface area contributed by atoms with Crippen molar-refractivity contribution < 1.29 is 19.8 Å². The van der Waals surface area contributed by atoms with Gasteiger partial charge in [-0.05, 0) is 12.8 Å². The molecule has 0 spiro atoms. The van der Waals surface area contributed by atoms with Gasteiger partial charge in [0.1, 0.15) is 10.5 Å². The Morgan fingerprint density at radius 2 is 1.29 bits per heavy atom. The Bertz CT molecular complexity index is 186. The second kappa shape index (κ2) is 7.00. The summed E-state index contributed by atoms with van der Waals surface area (Å²) in [5.41, 5.74) is 0. The second-order valence-electron chi connectivity index (χ2n) is 2.66. The van der Waals surface area contributed by atoms with Gasteiger partial charge in [0, 0.05) is 0 Å². The highest BCUT2D eigenvalue weighted by Gasteiger charge is 2.21. The summed E-state index contributed by atoms with van der Waals surface area (Å²) in [5, 5.41) is 16.4. The van der Waals surface area contributed by atoms with Crippen LogP contribution >= 0.6 is 21.6 Å². The molecule has 0 aromatic heterocycles. The van der Waals surface area contributed by atoms with E-state index in [1.165, 1.54) is 0 Å². The molecule has 6 heteroatoms. The Hall–Kier alpha value is -0.360. The van der Waals surface area contributed by atoms with Crippen LogP contribution in [0.1, 0.15) is 26.7 Å². The van der Waals surface area contributed by atoms with Crippen molar-refractivity contribution in [1.29, 1.82) is 0 Å². The topological polar surface area (TPSA) is 74.6 Å². The summed E-state index contributed by atoms with van der Waals surface area (Å²) in [6.45, 7) is 3.54. The zero-order valence-corrected chi connectivity index (χ0v) is 9.73. The first-order chi connectivity index (χ1) is 6.52. The Balaban J connectivity index is 4.00. The summed E-state index contributed by atoms with van der Waals surface area (Å²) >= 11 is 0. The van der Waals surface area contributed by atoms with Gasteiger partial charge in [0.25, 0.3) is 0 Å². The van der Waals surface area contributed by atoms with Crippen molar-refractivity contribution >= 4 is 33.5 Å². The fourth-order valence-corrected chi connectivity index (χ4v) is 3.52. The van der Waals surface area contributed by atoms with Gasteiger partial charge < -0.3 is 10.2 Å². The van der Waals surface area contributed by atoms with E-state index < -0.39 is 22.4 Å². The maximum absolute atomic E-state index is 10.6. The summed E-state index contributed by atoms with van der Waals surface area (Å²) in [4.78, 5) is 21.2. The minimum Gasteiger partial charge on any atom is -0.480 e. The molecule has 0 aliphatic carbocycles. The monoisotopic (exact) mass is 238 g/mol. The van der Waals surface area contributed by atoms with Crippen LogP contribution < -0.4 is 0 Å². The SMILES string of the molecule is CC[C@@H](SS[C@H](CC)C(=O)O)C(=O)O. The Morgan fingerprint density at radius 3 is 1.43 bits per heavy atom. The predicted octanol–water partition coefficient (Wildman–Crippen LogP) is 2.09. The third kappa shape index (κ3) is 4.76. The molecular formula is C8H14O4S2. The van der Waals surface area contributed by atoms with Gasteiger partial charge in [-0.3, -0.25) is 9.59 Å². The molecule has 4 nitrogen and oxygen atoms in total. The first kappa shape index (κ1) is 13.6. The van der Waals surface area contributed by atoms with Gasteiger partial charge in [-0.25, -0.2) is 0 Å². The van der Waals surface area contributed by atoms with E-state index in [9.17, 15) is 9.59 Å². The lowest BCUT2D eigenvalue weighted by Gasteiger charge is -2.12. The lowest BCUT2D eigenvalue weighted by atomic mass is 10.3. The highest BCUT2D eigenvalue weighted by atomic mass is 33.1. The molecule has 82 valence electrons. The van der Waals surface area contributed by atoms with Crippen molar-refractivity contribution in [2.24, 2.45) is 0 Å². The highest BCUT2D eigenvalue weighted by Crippen LogP contribution is 2.34. The summed E-state index contributed by atoms with van der Waals surface area (Å²) in [5.74, 6) is -1.77. The molecule has 0 amide bonds. The minimum absolute atomic E-state index is 0.503. The highest BCUT2D eigenvalue weighted by molar-refractivity contribution is 8.77. The smallest absolute Gasteiger partial charge is 0.317 e. The number of aliphatic carboxylic acids is 2. The number of rotatable bonds is 7. The molecule has 14 heavy (non-hydrogen) atoms. The largest absolute Gasteiger partial charge is 0.480 e. The van der Waals surface area contributed by atoms with Gasteiger partial charge in [0.05, 0.1) is 0 Å². The molecule has 0 bridgehead atoms. The van der Waals surface area contributed by atoms with Gasteiger partial charge in [-0.15, -0.1) is 0 Å². The molecule has 0 radical (unpaired) electrons. The van der Waals surface area contributed by atoms with E-state index in [0.717, 1.165) is 21.6 Å². The molecule has 0 aromatic carbocycles. The van der Waals surface area contributed by atoms with Crippen molar-refractivity contribution in [2.75, 3.05) is 0 Å². The summed E-state index contributed by atoms with van der Waals surface area (Å²) in [6.07, 6.45) is 1.01. The normalized spacial score (nSPS) is 14.7. The fourth-order valence-electron chi connectivity index (χ4n) is 0.702. The van der Waals surface area contributed by atoms with Gasteiger partial charge in [0.15, 0.2) is 0 Å². The quantitative estimate of drug-likeness (QED) is 0.662. The maximum atomic E-state index is 10.6. The van der Waals surface area contributed by atoms with Gasteiger partial charge in [-0.2, -0.15) is 0 Å². The molecule has 0 rings (SSSR count). The molecule has 0 aliphatic rings. The Labute approximate surface area is 90.9 Å². The van der Waals surface area contributed by atoms with Crippen LogP contribution in [0.5, 0.6) is 0 Å². The minimum atomic E-state index is -0.884. The van der Waals surface area contributed by atoms with E-state index in [1.54, 1.807) is 13.8 Å². The van der Waals surface area contributed by atoms with Crippen molar-refractivity contribution in [1.82, 2.24) is 0 Å². The van der Waals surface area contributed by atoms with Crippen molar-refractivity contribution in [2.45, 2.75) is 37.2 Å². The summed E-state index contributed by atoms with van der Waals surface area (Å²) in [7, 11) is 2.25. The van der Waals surface area contributed by atoms with Crippen LogP contribution in [0.15, 0.2) is 0 Å². The first-order valence-electron chi connectivity index (χ1n) is 4.30. The zero-order chi connectivity index (χ0) is 11.1. The van der Waals surface area contributed by atoms with Gasteiger partial charge in [-0.1, -0.05) is 35.4 Å². The Morgan fingerprint density at radius 1 is 1.00 bits per heavy atom. The number of carboxylic acid groups (broad SMARTS) is 2. The van der Waals surface area contributed by atoms with Crippen LogP contribution in [0.3, 0.4) is 0 Å². The van der Waals surface area contributed by atoms with Gasteiger partial charge >= 0.3 is 11.9 Å². The molecule has 0 aliphatic heterocycles.